The van der Waals surface area contributed by atoms with Crippen molar-refractivity contribution in [1.82, 2.24) is 9.55 Å². The Kier molecular flexibility index (Phi) is 5.17. The first-order chi connectivity index (χ1) is 20.1. The van der Waals surface area contributed by atoms with Crippen LogP contribution in [0.5, 0.6) is 0 Å². The minimum atomic E-state index is -0.130. The van der Waals surface area contributed by atoms with Crippen molar-refractivity contribution in [2.24, 2.45) is 0 Å². The molecule has 196 valence electrons. The fraction of sp³-hybridized carbons (Fsp3) is 0.0789. The van der Waals surface area contributed by atoms with Gasteiger partial charge in [0, 0.05) is 39.7 Å². The molecule has 0 saturated heterocycles. The zero-order chi connectivity index (χ0) is 27.6. The van der Waals surface area contributed by atoms with E-state index in [1.54, 1.807) is 0 Å². The van der Waals surface area contributed by atoms with Crippen LogP contribution in [-0.2, 0) is 5.41 Å². The molecule has 0 amide bonds. The number of rotatable bonds is 4. The maximum Gasteiger partial charge on any atom is 0.0963 e. The zero-order valence-corrected chi connectivity index (χ0v) is 23.1. The van der Waals surface area contributed by atoms with E-state index in [0.29, 0.717) is 0 Å². The van der Waals surface area contributed by atoms with E-state index >= 15 is 0 Å². The Labute approximate surface area is 240 Å². The van der Waals surface area contributed by atoms with Crippen LogP contribution in [0, 0.1) is 0 Å². The van der Waals surface area contributed by atoms with Crippen LogP contribution in [0.1, 0.15) is 25.0 Å². The molecular formula is C38H29N3. The van der Waals surface area contributed by atoms with Crippen molar-refractivity contribution >= 4 is 39.0 Å². The van der Waals surface area contributed by atoms with Gasteiger partial charge in [-0.25, -0.2) is 0 Å². The van der Waals surface area contributed by atoms with Gasteiger partial charge in [0.25, 0.3) is 0 Å². The van der Waals surface area contributed by atoms with E-state index in [0.717, 1.165) is 33.8 Å². The summed E-state index contributed by atoms with van der Waals surface area (Å²) in [5.74, 6) is 0. The lowest BCUT2D eigenvalue weighted by Gasteiger charge is -2.26. The molecule has 5 aromatic carbocycles. The van der Waals surface area contributed by atoms with E-state index in [4.69, 9.17) is 4.98 Å². The van der Waals surface area contributed by atoms with Crippen LogP contribution in [0.2, 0.25) is 0 Å². The number of hydrogen-bond acceptors (Lipinski definition) is 2. The Balaban J connectivity index is 1.36. The summed E-state index contributed by atoms with van der Waals surface area (Å²) >= 11 is 0. The molecule has 0 N–H and O–H groups in total. The molecule has 8 rings (SSSR count). The van der Waals surface area contributed by atoms with Crippen LogP contribution in [0.4, 0.5) is 17.1 Å². The molecule has 0 saturated carbocycles. The average Bonchev–Trinajstić information content (AvgIpc) is 3.48. The normalized spacial score (nSPS) is 13.3. The van der Waals surface area contributed by atoms with Gasteiger partial charge in [-0.2, -0.15) is 0 Å². The monoisotopic (exact) mass is 527 g/mol. The quantitative estimate of drug-likeness (QED) is 0.227. The van der Waals surface area contributed by atoms with Crippen molar-refractivity contribution in [2.45, 2.75) is 19.3 Å². The van der Waals surface area contributed by atoms with E-state index in [9.17, 15) is 0 Å². The van der Waals surface area contributed by atoms with Gasteiger partial charge >= 0.3 is 0 Å². The Morgan fingerprint density at radius 1 is 0.585 bits per heavy atom. The summed E-state index contributed by atoms with van der Waals surface area (Å²) in [7, 11) is 0. The number of pyridine rings is 1. The van der Waals surface area contributed by atoms with Gasteiger partial charge in [0.2, 0.25) is 0 Å². The van der Waals surface area contributed by atoms with E-state index < -0.39 is 0 Å². The predicted octanol–water partition coefficient (Wildman–Crippen LogP) is 9.95. The molecule has 3 heteroatoms. The highest BCUT2D eigenvalue weighted by Crippen LogP contribution is 2.52. The van der Waals surface area contributed by atoms with E-state index in [1.165, 1.54) is 33.2 Å². The molecule has 1 aliphatic rings. The molecular weight excluding hydrogens is 498 g/mol. The highest BCUT2D eigenvalue weighted by atomic mass is 15.1. The van der Waals surface area contributed by atoms with Crippen molar-refractivity contribution in [1.29, 1.82) is 0 Å². The first kappa shape index (κ1) is 23.7. The Morgan fingerprint density at radius 2 is 1.22 bits per heavy atom. The Morgan fingerprint density at radius 3 is 1.93 bits per heavy atom. The maximum absolute atomic E-state index is 4.87. The van der Waals surface area contributed by atoms with Crippen molar-refractivity contribution in [3.8, 4) is 16.8 Å². The van der Waals surface area contributed by atoms with Crippen LogP contribution in [-0.4, -0.2) is 9.55 Å². The number of fused-ring (bicyclic) bond motifs is 7. The van der Waals surface area contributed by atoms with Crippen LogP contribution >= 0.6 is 0 Å². The topological polar surface area (TPSA) is 21.1 Å². The van der Waals surface area contributed by atoms with E-state index in [1.807, 2.05) is 12.3 Å². The highest BCUT2D eigenvalue weighted by molar-refractivity contribution is 6.11. The number of para-hydroxylation sites is 2. The third-order valence-electron chi connectivity index (χ3n) is 8.59. The minimum absolute atomic E-state index is 0.130. The van der Waals surface area contributed by atoms with Gasteiger partial charge in [0.15, 0.2) is 0 Å². The van der Waals surface area contributed by atoms with Crippen LogP contribution < -0.4 is 4.90 Å². The van der Waals surface area contributed by atoms with Crippen molar-refractivity contribution in [3.05, 3.63) is 151 Å². The van der Waals surface area contributed by atoms with Crippen molar-refractivity contribution < 1.29 is 0 Å². The largest absolute Gasteiger partial charge is 0.311 e. The van der Waals surface area contributed by atoms with Crippen LogP contribution in [0.15, 0.2) is 140 Å². The predicted molar refractivity (Wildman–Crippen MR) is 171 cm³/mol. The highest BCUT2D eigenvalue weighted by Gasteiger charge is 2.38. The van der Waals surface area contributed by atoms with Crippen molar-refractivity contribution in [2.75, 3.05) is 4.90 Å². The molecule has 0 fully saturated rings. The number of hydrogen-bond donors (Lipinski definition) is 0. The molecule has 0 spiro atoms. The number of nitrogens with zero attached hydrogens (tertiary/aromatic N) is 3. The average molecular weight is 528 g/mol. The van der Waals surface area contributed by atoms with E-state index in [2.05, 4.69) is 151 Å². The van der Waals surface area contributed by atoms with Gasteiger partial charge in [-0.05, 0) is 89.0 Å². The van der Waals surface area contributed by atoms with Gasteiger partial charge in [0.05, 0.1) is 16.6 Å². The second-order valence-corrected chi connectivity index (χ2v) is 11.3. The molecule has 0 atom stereocenters. The first-order valence-corrected chi connectivity index (χ1v) is 14.2. The van der Waals surface area contributed by atoms with Gasteiger partial charge in [-0.1, -0.05) is 80.6 Å². The summed E-state index contributed by atoms with van der Waals surface area (Å²) < 4.78 is 2.42. The van der Waals surface area contributed by atoms with Gasteiger partial charge in [-0.15, -0.1) is 0 Å². The number of anilines is 3. The number of aromatic nitrogens is 2. The lowest BCUT2D eigenvalue weighted by Crippen LogP contribution is -2.16. The summed E-state index contributed by atoms with van der Waals surface area (Å²) in [4.78, 5) is 7.17. The molecule has 0 radical (unpaired) electrons. The summed E-state index contributed by atoms with van der Waals surface area (Å²) in [6.45, 7) is 4.71. The molecule has 0 unspecified atom stereocenters. The lowest BCUT2D eigenvalue weighted by atomic mass is 9.81. The third kappa shape index (κ3) is 3.49. The molecule has 0 bridgehead atoms. The summed E-state index contributed by atoms with van der Waals surface area (Å²) in [6.07, 6.45) is 1.90. The fourth-order valence-corrected chi connectivity index (χ4v) is 6.79. The summed E-state index contributed by atoms with van der Waals surface area (Å²) in [6, 6.07) is 47.7. The second-order valence-electron chi connectivity index (χ2n) is 11.3. The standard InChI is InChI=1S/C38H29N3/c1-38(2)33-17-10-9-16-30(33)31-23-24-32-36-34(18-11-25-39-36)41(37(32)35(31)38)29-21-19-28(20-22-29)40(26-12-5-3-6-13-26)27-14-7-4-8-15-27/h3-25H,1-2H3. The number of benzene rings is 5. The zero-order valence-electron chi connectivity index (χ0n) is 23.1. The van der Waals surface area contributed by atoms with Crippen LogP contribution in [0.3, 0.4) is 0 Å². The van der Waals surface area contributed by atoms with E-state index in [-0.39, 0.29) is 5.41 Å². The Hall–Kier alpha value is -5.15. The minimum Gasteiger partial charge on any atom is -0.311 e. The van der Waals surface area contributed by atoms with Gasteiger partial charge in [0.1, 0.15) is 0 Å². The SMILES string of the molecule is CC1(C)c2ccccc2-c2ccc3c4ncccc4n(-c4ccc(N(c5ccccc5)c5ccccc5)cc4)c3c21. The first-order valence-electron chi connectivity index (χ1n) is 14.2. The molecule has 41 heavy (non-hydrogen) atoms. The summed E-state index contributed by atoms with van der Waals surface area (Å²) in [5.41, 5.74) is 13.2. The molecule has 3 nitrogen and oxygen atoms in total. The van der Waals surface area contributed by atoms with Crippen molar-refractivity contribution in [3.63, 3.8) is 0 Å². The fourth-order valence-electron chi connectivity index (χ4n) is 6.79. The maximum atomic E-state index is 4.87. The molecule has 0 aliphatic heterocycles. The summed E-state index contributed by atoms with van der Waals surface area (Å²) in [5, 5.41) is 1.19. The molecule has 2 heterocycles. The third-order valence-corrected chi connectivity index (χ3v) is 8.59. The second kappa shape index (κ2) is 8.94. The molecule has 2 aromatic heterocycles. The lowest BCUT2D eigenvalue weighted by molar-refractivity contribution is 0.664. The smallest absolute Gasteiger partial charge is 0.0963 e. The molecule has 1 aliphatic carbocycles. The Bertz CT molecular complexity index is 2010. The van der Waals surface area contributed by atoms with Crippen LogP contribution in [0.25, 0.3) is 38.8 Å². The molecule has 7 aromatic rings. The van der Waals surface area contributed by atoms with Gasteiger partial charge < -0.3 is 9.47 Å². The van der Waals surface area contributed by atoms with Gasteiger partial charge in [-0.3, -0.25) is 4.98 Å².